The predicted molar refractivity (Wildman–Crippen MR) is 66.1 cm³/mol. The van der Waals surface area contributed by atoms with Crippen molar-refractivity contribution in [1.29, 1.82) is 5.26 Å². The van der Waals surface area contributed by atoms with Crippen LogP contribution in [0.2, 0.25) is 0 Å². The van der Waals surface area contributed by atoms with Gasteiger partial charge in [0.05, 0.1) is 16.6 Å². The van der Waals surface area contributed by atoms with Crippen LogP contribution in [0.3, 0.4) is 0 Å². The molecule has 0 unspecified atom stereocenters. The Bertz CT molecular complexity index is 534. The lowest BCUT2D eigenvalue weighted by molar-refractivity contribution is 1.10. The van der Waals surface area contributed by atoms with Crippen molar-refractivity contribution in [2.24, 2.45) is 0 Å². The third-order valence-corrected chi connectivity index (χ3v) is 3.32. The molecule has 0 fully saturated rings. The minimum atomic E-state index is 0.647. The van der Waals surface area contributed by atoms with Gasteiger partial charge in [-0.1, -0.05) is 19.1 Å². The summed E-state index contributed by atoms with van der Waals surface area (Å²) in [5.74, 6) is 0. The first-order valence-electron chi connectivity index (χ1n) is 5.00. The summed E-state index contributed by atoms with van der Waals surface area (Å²) in [6.07, 6.45) is 0.894. The first-order valence-corrected chi connectivity index (χ1v) is 5.82. The van der Waals surface area contributed by atoms with Crippen LogP contribution in [0.25, 0.3) is 11.3 Å². The van der Waals surface area contributed by atoms with Gasteiger partial charge in [0.15, 0.2) is 0 Å². The maximum Gasteiger partial charge on any atom is 0.114 e. The lowest BCUT2D eigenvalue weighted by Crippen LogP contribution is -1.86. The van der Waals surface area contributed by atoms with E-state index < -0.39 is 0 Å². The van der Waals surface area contributed by atoms with E-state index >= 15 is 0 Å². The van der Waals surface area contributed by atoms with Crippen molar-refractivity contribution in [3.63, 3.8) is 0 Å². The number of nitrogens with zero attached hydrogens (tertiary/aromatic N) is 2. The molecule has 0 aliphatic rings. The van der Waals surface area contributed by atoms with Crippen LogP contribution in [-0.2, 0) is 6.42 Å². The Labute approximate surface area is 98.2 Å². The van der Waals surface area contributed by atoms with Crippen LogP contribution in [0.5, 0.6) is 0 Å². The molecule has 1 aromatic heterocycles. The zero-order chi connectivity index (χ0) is 11.5. The van der Waals surface area contributed by atoms with Crippen LogP contribution < -0.4 is 5.73 Å². The smallest absolute Gasteiger partial charge is 0.114 e. The monoisotopic (exact) mass is 229 g/mol. The van der Waals surface area contributed by atoms with Crippen molar-refractivity contribution in [3.05, 3.63) is 34.8 Å². The average Bonchev–Trinajstić information content (AvgIpc) is 2.71. The van der Waals surface area contributed by atoms with Crippen LogP contribution in [0, 0.1) is 11.3 Å². The van der Waals surface area contributed by atoms with Crippen LogP contribution in [0.4, 0.5) is 5.00 Å². The SMILES string of the molecule is CCc1nc(-c2ccc(C#N)cc2)c(N)s1. The molecule has 0 radical (unpaired) electrons. The number of anilines is 1. The number of hydrogen-bond donors (Lipinski definition) is 1. The molecular weight excluding hydrogens is 218 g/mol. The highest BCUT2D eigenvalue weighted by Gasteiger charge is 2.09. The Morgan fingerprint density at radius 3 is 2.56 bits per heavy atom. The predicted octanol–water partition coefficient (Wildman–Crippen LogP) is 2.83. The van der Waals surface area contributed by atoms with Gasteiger partial charge in [-0.05, 0) is 18.6 Å². The van der Waals surface area contributed by atoms with E-state index in [1.165, 1.54) is 11.3 Å². The highest BCUT2D eigenvalue weighted by molar-refractivity contribution is 7.16. The fraction of sp³-hybridized carbons (Fsp3) is 0.167. The quantitative estimate of drug-likeness (QED) is 0.861. The summed E-state index contributed by atoms with van der Waals surface area (Å²) in [6, 6.07) is 9.40. The molecule has 0 saturated heterocycles. The number of thiazole rings is 1. The van der Waals surface area contributed by atoms with E-state index in [9.17, 15) is 0 Å². The Balaban J connectivity index is 2.42. The second-order valence-electron chi connectivity index (χ2n) is 3.36. The lowest BCUT2D eigenvalue weighted by Gasteiger charge is -1.97. The van der Waals surface area contributed by atoms with E-state index in [1.807, 2.05) is 12.1 Å². The van der Waals surface area contributed by atoms with Crippen LogP contribution >= 0.6 is 11.3 Å². The van der Waals surface area contributed by atoms with Gasteiger partial charge in [0.1, 0.15) is 10.7 Å². The normalized spacial score (nSPS) is 10.0. The molecule has 16 heavy (non-hydrogen) atoms. The van der Waals surface area contributed by atoms with Crippen LogP contribution in [0.15, 0.2) is 24.3 Å². The molecule has 0 aliphatic heterocycles. The second kappa shape index (κ2) is 4.33. The Hall–Kier alpha value is -1.86. The number of nitrogen functional groups attached to an aromatic ring is 1. The topological polar surface area (TPSA) is 62.7 Å². The Kier molecular flexibility index (Phi) is 2.88. The van der Waals surface area contributed by atoms with Crippen LogP contribution in [-0.4, -0.2) is 4.98 Å². The van der Waals surface area contributed by atoms with Gasteiger partial charge < -0.3 is 5.73 Å². The van der Waals surface area contributed by atoms with Gasteiger partial charge in [-0.15, -0.1) is 11.3 Å². The summed E-state index contributed by atoms with van der Waals surface area (Å²) >= 11 is 1.52. The van der Waals surface area contributed by atoms with Gasteiger partial charge in [0.2, 0.25) is 0 Å². The van der Waals surface area contributed by atoms with E-state index in [1.54, 1.807) is 12.1 Å². The first kappa shape index (κ1) is 10.7. The molecule has 2 N–H and O–H groups in total. The molecule has 0 bridgehead atoms. The highest BCUT2D eigenvalue weighted by Crippen LogP contribution is 2.30. The molecule has 0 amide bonds. The fourth-order valence-electron chi connectivity index (χ4n) is 1.44. The fourth-order valence-corrected chi connectivity index (χ4v) is 2.23. The first-order chi connectivity index (χ1) is 7.74. The number of rotatable bonds is 2. The van der Waals surface area contributed by atoms with E-state index in [0.29, 0.717) is 5.56 Å². The zero-order valence-electron chi connectivity index (χ0n) is 8.90. The number of benzene rings is 1. The molecule has 1 aromatic carbocycles. The molecule has 0 aliphatic carbocycles. The largest absolute Gasteiger partial charge is 0.389 e. The summed E-state index contributed by atoms with van der Waals surface area (Å²) < 4.78 is 0. The lowest BCUT2D eigenvalue weighted by atomic mass is 10.1. The van der Waals surface area contributed by atoms with Crippen molar-refractivity contribution in [1.82, 2.24) is 4.98 Å². The van der Waals surface area contributed by atoms with E-state index in [-0.39, 0.29) is 0 Å². The third kappa shape index (κ3) is 1.90. The maximum atomic E-state index is 8.71. The molecule has 0 spiro atoms. The van der Waals surface area contributed by atoms with Gasteiger partial charge in [-0.2, -0.15) is 5.26 Å². The van der Waals surface area contributed by atoms with Gasteiger partial charge in [-0.25, -0.2) is 4.98 Å². The summed E-state index contributed by atoms with van der Waals surface area (Å²) in [7, 11) is 0. The average molecular weight is 229 g/mol. The number of nitriles is 1. The van der Waals surface area contributed by atoms with Gasteiger partial charge in [-0.3, -0.25) is 0 Å². The number of aryl methyl sites for hydroxylation is 1. The Morgan fingerprint density at radius 2 is 2.06 bits per heavy atom. The van der Waals surface area contributed by atoms with Gasteiger partial charge in [0.25, 0.3) is 0 Å². The summed E-state index contributed by atoms with van der Waals surface area (Å²) in [5.41, 5.74) is 8.35. The standard InChI is InChI=1S/C12H11N3S/c1-2-10-15-11(12(14)16-10)9-5-3-8(7-13)4-6-9/h3-6H,2,14H2,1H3. The highest BCUT2D eigenvalue weighted by atomic mass is 32.1. The minimum absolute atomic E-state index is 0.647. The zero-order valence-corrected chi connectivity index (χ0v) is 9.71. The summed E-state index contributed by atoms with van der Waals surface area (Å²) in [4.78, 5) is 4.46. The number of aromatic nitrogens is 1. The molecule has 1 heterocycles. The van der Waals surface area contributed by atoms with Crippen molar-refractivity contribution < 1.29 is 0 Å². The molecule has 4 heteroatoms. The van der Waals surface area contributed by atoms with Gasteiger partial charge in [0, 0.05) is 5.56 Å². The van der Waals surface area contributed by atoms with Crippen molar-refractivity contribution in [2.75, 3.05) is 5.73 Å². The maximum absolute atomic E-state index is 8.71. The molecule has 0 atom stereocenters. The molecule has 0 saturated carbocycles. The third-order valence-electron chi connectivity index (χ3n) is 2.29. The van der Waals surface area contributed by atoms with Gasteiger partial charge >= 0.3 is 0 Å². The second-order valence-corrected chi connectivity index (χ2v) is 4.48. The number of hydrogen-bond acceptors (Lipinski definition) is 4. The minimum Gasteiger partial charge on any atom is -0.389 e. The van der Waals surface area contributed by atoms with E-state index in [2.05, 4.69) is 18.0 Å². The molecule has 2 aromatic rings. The Morgan fingerprint density at radius 1 is 1.38 bits per heavy atom. The van der Waals surface area contributed by atoms with Crippen LogP contribution in [0.1, 0.15) is 17.5 Å². The summed E-state index contributed by atoms with van der Waals surface area (Å²) in [6.45, 7) is 2.06. The van der Waals surface area contributed by atoms with Crippen molar-refractivity contribution >= 4 is 16.3 Å². The summed E-state index contributed by atoms with van der Waals surface area (Å²) in [5, 5.41) is 10.5. The van der Waals surface area contributed by atoms with E-state index in [0.717, 1.165) is 27.7 Å². The van der Waals surface area contributed by atoms with Crippen molar-refractivity contribution in [3.8, 4) is 17.3 Å². The molecule has 2 rings (SSSR count). The van der Waals surface area contributed by atoms with Crippen molar-refractivity contribution in [2.45, 2.75) is 13.3 Å². The molecular formula is C12H11N3S. The molecule has 3 nitrogen and oxygen atoms in total. The van der Waals surface area contributed by atoms with E-state index in [4.69, 9.17) is 11.0 Å². The number of nitrogens with two attached hydrogens (primary N) is 1. The molecule has 80 valence electrons.